The molecule has 0 unspecified atom stereocenters. The van der Waals surface area contributed by atoms with E-state index in [1.807, 2.05) is 30.3 Å². The molecule has 0 aliphatic heterocycles. The molecule has 110 valence electrons. The van der Waals surface area contributed by atoms with Crippen molar-refractivity contribution in [3.05, 3.63) is 48.0 Å². The minimum atomic E-state index is -0.455. The molecule has 0 aliphatic rings. The predicted molar refractivity (Wildman–Crippen MR) is 82.9 cm³/mol. The van der Waals surface area contributed by atoms with Gasteiger partial charge in [0.15, 0.2) is 5.11 Å². The Kier molecular flexibility index (Phi) is 9.90. The largest absolute Gasteiger partial charge is 0.460 e. The van der Waals surface area contributed by atoms with Crippen LogP contribution >= 0.6 is 12.2 Å². The van der Waals surface area contributed by atoms with E-state index in [4.69, 9.17) is 10.8 Å². The van der Waals surface area contributed by atoms with E-state index in [0.29, 0.717) is 17.2 Å². The molecule has 0 saturated heterocycles. The van der Waals surface area contributed by atoms with Crippen LogP contribution in [0.15, 0.2) is 42.5 Å². The molecule has 20 heavy (non-hydrogen) atoms. The SMILES string of the molecule is C=C(C)C(=O)OCCO.NC(=S)NCc1ccccc1. The van der Waals surface area contributed by atoms with Gasteiger partial charge in [-0.1, -0.05) is 36.9 Å². The zero-order chi connectivity index (χ0) is 15.4. The Hall–Kier alpha value is -1.92. The van der Waals surface area contributed by atoms with E-state index in [1.54, 1.807) is 6.92 Å². The maximum Gasteiger partial charge on any atom is 0.333 e. The van der Waals surface area contributed by atoms with E-state index >= 15 is 0 Å². The van der Waals surface area contributed by atoms with Crippen molar-refractivity contribution >= 4 is 23.3 Å². The van der Waals surface area contributed by atoms with Crippen molar-refractivity contribution in [3.8, 4) is 0 Å². The minimum Gasteiger partial charge on any atom is -0.460 e. The monoisotopic (exact) mass is 296 g/mol. The maximum absolute atomic E-state index is 10.5. The zero-order valence-corrected chi connectivity index (χ0v) is 12.3. The fraction of sp³-hybridized carbons (Fsp3) is 0.286. The summed E-state index contributed by atoms with van der Waals surface area (Å²) in [6.45, 7) is 5.52. The van der Waals surface area contributed by atoms with Gasteiger partial charge in [0.1, 0.15) is 6.61 Å². The first-order valence-corrected chi connectivity index (χ1v) is 6.39. The molecule has 1 rings (SSSR count). The van der Waals surface area contributed by atoms with Crippen molar-refractivity contribution in [2.75, 3.05) is 13.2 Å². The Morgan fingerprint density at radius 2 is 2.05 bits per heavy atom. The van der Waals surface area contributed by atoms with Crippen LogP contribution in [0, 0.1) is 0 Å². The van der Waals surface area contributed by atoms with Crippen LogP contribution in [-0.2, 0) is 16.1 Å². The van der Waals surface area contributed by atoms with Crippen LogP contribution in [0.25, 0.3) is 0 Å². The lowest BCUT2D eigenvalue weighted by Crippen LogP contribution is -2.28. The molecule has 0 fully saturated rings. The van der Waals surface area contributed by atoms with Gasteiger partial charge < -0.3 is 20.9 Å². The van der Waals surface area contributed by atoms with E-state index in [1.165, 1.54) is 5.56 Å². The highest BCUT2D eigenvalue weighted by Gasteiger charge is 1.99. The number of carbonyl (C=O) groups excluding carboxylic acids is 1. The highest BCUT2D eigenvalue weighted by atomic mass is 32.1. The lowest BCUT2D eigenvalue weighted by molar-refractivity contribution is -0.139. The molecule has 4 N–H and O–H groups in total. The summed E-state index contributed by atoms with van der Waals surface area (Å²) in [6.07, 6.45) is 0. The molecular weight excluding hydrogens is 276 g/mol. The fourth-order valence-electron chi connectivity index (χ4n) is 1.05. The number of esters is 1. The van der Waals surface area contributed by atoms with E-state index in [9.17, 15) is 4.79 Å². The van der Waals surface area contributed by atoms with Crippen LogP contribution in [-0.4, -0.2) is 29.4 Å². The van der Waals surface area contributed by atoms with Crippen molar-refractivity contribution in [2.45, 2.75) is 13.5 Å². The van der Waals surface area contributed by atoms with Gasteiger partial charge in [0.2, 0.25) is 0 Å². The topological polar surface area (TPSA) is 84.6 Å². The van der Waals surface area contributed by atoms with Crippen LogP contribution < -0.4 is 11.1 Å². The third-order valence-corrected chi connectivity index (χ3v) is 2.13. The van der Waals surface area contributed by atoms with Gasteiger partial charge in [-0.15, -0.1) is 0 Å². The summed E-state index contributed by atoms with van der Waals surface area (Å²) in [7, 11) is 0. The van der Waals surface area contributed by atoms with E-state index in [0.717, 1.165) is 0 Å². The Balaban J connectivity index is 0.000000370. The summed E-state index contributed by atoms with van der Waals surface area (Å²) < 4.78 is 4.46. The molecule has 5 nitrogen and oxygen atoms in total. The third kappa shape index (κ3) is 10.0. The Morgan fingerprint density at radius 1 is 1.45 bits per heavy atom. The van der Waals surface area contributed by atoms with Crippen LogP contribution in [0.3, 0.4) is 0 Å². The maximum atomic E-state index is 10.5. The molecule has 0 heterocycles. The minimum absolute atomic E-state index is 0.0473. The van der Waals surface area contributed by atoms with Crippen LogP contribution in [0.5, 0.6) is 0 Å². The number of hydrogen-bond donors (Lipinski definition) is 3. The Morgan fingerprint density at radius 3 is 2.50 bits per heavy atom. The molecule has 0 bridgehead atoms. The van der Waals surface area contributed by atoms with E-state index in [-0.39, 0.29) is 13.2 Å². The average Bonchev–Trinajstić information content (AvgIpc) is 2.44. The van der Waals surface area contributed by atoms with Crippen LogP contribution in [0.1, 0.15) is 12.5 Å². The molecule has 1 aromatic rings. The number of benzene rings is 1. The van der Waals surface area contributed by atoms with Crippen molar-refractivity contribution < 1.29 is 14.6 Å². The van der Waals surface area contributed by atoms with Gasteiger partial charge in [-0.2, -0.15) is 0 Å². The van der Waals surface area contributed by atoms with Gasteiger partial charge in [0.25, 0.3) is 0 Å². The summed E-state index contributed by atoms with van der Waals surface area (Å²) in [4.78, 5) is 10.5. The number of hydrogen-bond acceptors (Lipinski definition) is 4. The molecule has 1 aromatic carbocycles. The van der Waals surface area contributed by atoms with Gasteiger partial charge in [-0.25, -0.2) is 4.79 Å². The number of aliphatic hydroxyl groups excluding tert-OH is 1. The Labute approximate surface area is 124 Å². The first-order chi connectivity index (χ1) is 9.47. The van der Waals surface area contributed by atoms with Crippen LogP contribution in [0.2, 0.25) is 0 Å². The predicted octanol–water partition coefficient (Wildman–Crippen LogP) is 1.12. The van der Waals surface area contributed by atoms with Crippen LogP contribution in [0.4, 0.5) is 0 Å². The number of nitrogens with one attached hydrogen (secondary N) is 1. The number of ether oxygens (including phenoxy) is 1. The molecule has 0 spiro atoms. The number of rotatable bonds is 5. The van der Waals surface area contributed by atoms with Gasteiger partial charge in [-0.05, 0) is 24.7 Å². The molecule has 0 aliphatic carbocycles. The molecule has 6 heteroatoms. The lowest BCUT2D eigenvalue weighted by atomic mass is 10.2. The highest BCUT2D eigenvalue weighted by Crippen LogP contribution is 1.96. The summed E-state index contributed by atoms with van der Waals surface area (Å²) in [6, 6.07) is 9.98. The molecule has 0 atom stereocenters. The molecule has 0 saturated carbocycles. The van der Waals surface area contributed by atoms with Gasteiger partial charge in [0.05, 0.1) is 6.61 Å². The summed E-state index contributed by atoms with van der Waals surface area (Å²) in [5.74, 6) is -0.455. The first kappa shape index (κ1) is 18.1. The van der Waals surface area contributed by atoms with E-state index < -0.39 is 5.97 Å². The number of aliphatic hydroxyl groups is 1. The van der Waals surface area contributed by atoms with Crippen molar-refractivity contribution in [2.24, 2.45) is 5.73 Å². The average molecular weight is 296 g/mol. The second-order valence-electron chi connectivity index (χ2n) is 3.84. The summed E-state index contributed by atoms with van der Waals surface area (Å²) in [5, 5.41) is 11.4. The molecular formula is C14H20N2O3S. The van der Waals surface area contributed by atoms with Crippen molar-refractivity contribution in [3.63, 3.8) is 0 Å². The summed E-state index contributed by atoms with van der Waals surface area (Å²) in [5.41, 5.74) is 6.79. The third-order valence-electron chi connectivity index (χ3n) is 1.98. The second kappa shape index (κ2) is 11.0. The molecule has 0 amide bonds. The van der Waals surface area contributed by atoms with Crippen molar-refractivity contribution in [1.82, 2.24) is 5.32 Å². The Bertz CT molecular complexity index is 435. The standard InChI is InChI=1S/C8H10N2S.C6H10O3/c9-8(11)10-6-7-4-2-1-3-5-7;1-5(2)6(8)9-4-3-7/h1-5H,6H2,(H3,9,10,11);7H,1,3-4H2,2H3. The lowest BCUT2D eigenvalue weighted by Gasteiger charge is -2.02. The molecule has 0 aromatic heterocycles. The van der Waals surface area contributed by atoms with Gasteiger partial charge in [-0.3, -0.25) is 0 Å². The first-order valence-electron chi connectivity index (χ1n) is 5.98. The number of nitrogens with two attached hydrogens (primary N) is 1. The zero-order valence-electron chi connectivity index (χ0n) is 11.5. The second-order valence-corrected chi connectivity index (χ2v) is 4.28. The molecule has 0 radical (unpaired) electrons. The number of carbonyl (C=O) groups is 1. The van der Waals surface area contributed by atoms with Gasteiger partial charge >= 0.3 is 5.97 Å². The highest BCUT2D eigenvalue weighted by molar-refractivity contribution is 7.80. The summed E-state index contributed by atoms with van der Waals surface area (Å²) >= 11 is 4.66. The van der Waals surface area contributed by atoms with Crippen molar-refractivity contribution in [1.29, 1.82) is 0 Å². The quantitative estimate of drug-likeness (QED) is 0.429. The van der Waals surface area contributed by atoms with E-state index in [2.05, 4.69) is 28.9 Å². The van der Waals surface area contributed by atoms with Gasteiger partial charge in [0, 0.05) is 12.1 Å². The normalized spacial score (nSPS) is 8.90. The fourth-order valence-corrected chi connectivity index (χ4v) is 1.12. The number of thiocarbonyl (C=S) groups is 1. The smallest absolute Gasteiger partial charge is 0.333 e.